The molecule has 0 spiro atoms. The molecule has 8 nitrogen and oxygen atoms in total. The number of esters is 1. The lowest BCUT2D eigenvalue weighted by molar-refractivity contribution is 0.0698. The predicted molar refractivity (Wildman–Crippen MR) is 145 cm³/mol. The highest BCUT2D eigenvalue weighted by atomic mass is 16.5. The Morgan fingerprint density at radius 1 is 0.923 bits per heavy atom. The van der Waals surface area contributed by atoms with E-state index in [9.17, 15) is 9.59 Å². The Kier molecular flexibility index (Phi) is 7.23. The fraction of sp³-hybridized carbons (Fsp3) is 0.161. The monoisotopic (exact) mass is 519 g/mol. The van der Waals surface area contributed by atoms with Crippen LogP contribution in [0.4, 0.5) is 0 Å². The van der Waals surface area contributed by atoms with E-state index in [1.165, 1.54) is 0 Å². The van der Waals surface area contributed by atoms with Crippen LogP contribution in [0.2, 0.25) is 0 Å². The van der Waals surface area contributed by atoms with Gasteiger partial charge in [-0.1, -0.05) is 24.3 Å². The molecule has 0 atom stereocenters. The molecule has 1 amide bonds. The maximum absolute atomic E-state index is 13.0. The van der Waals surface area contributed by atoms with Crippen molar-refractivity contribution >= 4 is 17.6 Å². The Hall–Kier alpha value is -5.16. The van der Waals surface area contributed by atoms with E-state index in [0.717, 1.165) is 23.1 Å². The van der Waals surface area contributed by atoms with Crippen LogP contribution in [0.25, 0.3) is 11.1 Å². The average molecular weight is 520 g/mol. The van der Waals surface area contributed by atoms with Gasteiger partial charge in [-0.05, 0) is 79.4 Å². The molecule has 0 unspecified atom stereocenters. The molecule has 0 aliphatic heterocycles. The second-order valence-corrected chi connectivity index (χ2v) is 9.04. The number of furan rings is 1. The molecule has 1 aliphatic carbocycles. The minimum atomic E-state index is -0.602. The summed E-state index contributed by atoms with van der Waals surface area (Å²) < 4.78 is 16.7. The summed E-state index contributed by atoms with van der Waals surface area (Å²) in [4.78, 5) is 25.6. The van der Waals surface area contributed by atoms with Crippen LogP contribution in [0.1, 0.15) is 56.2 Å². The first-order chi connectivity index (χ1) is 19.0. The van der Waals surface area contributed by atoms with Gasteiger partial charge in [-0.3, -0.25) is 4.79 Å². The molecular formula is C31H25N3O5. The maximum Gasteiger partial charge on any atom is 0.379 e. The number of hydrogen-bond donors (Lipinski definition) is 1. The zero-order chi connectivity index (χ0) is 27.4. The van der Waals surface area contributed by atoms with Crippen molar-refractivity contribution in [2.45, 2.75) is 26.2 Å². The molecule has 4 aromatic rings. The number of hydrogen-bond acceptors (Lipinski definition) is 7. The van der Waals surface area contributed by atoms with Crippen LogP contribution in [0.15, 0.2) is 82.3 Å². The van der Waals surface area contributed by atoms with Crippen molar-refractivity contribution < 1.29 is 23.5 Å². The van der Waals surface area contributed by atoms with Gasteiger partial charge in [0.25, 0.3) is 5.91 Å². The first kappa shape index (κ1) is 25.5. The molecule has 0 saturated heterocycles. The van der Waals surface area contributed by atoms with Gasteiger partial charge >= 0.3 is 5.97 Å². The highest BCUT2D eigenvalue weighted by Gasteiger charge is 2.29. The molecular weight excluding hydrogens is 494 g/mol. The molecule has 0 radical (unpaired) electrons. The van der Waals surface area contributed by atoms with E-state index in [0.29, 0.717) is 52.5 Å². The lowest BCUT2D eigenvalue weighted by atomic mass is 9.93. The second kappa shape index (κ2) is 11.1. The van der Waals surface area contributed by atoms with Crippen LogP contribution in [-0.4, -0.2) is 24.7 Å². The zero-order valence-corrected chi connectivity index (χ0v) is 21.5. The van der Waals surface area contributed by atoms with Crippen LogP contribution in [0.5, 0.6) is 11.5 Å². The van der Waals surface area contributed by atoms with Crippen LogP contribution in [-0.2, 0) is 6.42 Å². The molecule has 5 rings (SSSR count). The molecule has 0 bridgehead atoms. The molecule has 0 saturated carbocycles. The fourth-order valence-corrected chi connectivity index (χ4v) is 4.51. The molecule has 1 heterocycles. The van der Waals surface area contributed by atoms with Gasteiger partial charge in [0.05, 0.1) is 24.5 Å². The van der Waals surface area contributed by atoms with E-state index >= 15 is 0 Å². The van der Waals surface area contributed by atoms with Crippen molar-refractivity contribution in [1.29, 1.82) is 5.26 Å². The summed E-state index contributed by atoms with van der Waals surface area (Å²) in [5.74, 6) is 0.862. The number of ether oxygens (including phenoxy) is 2. The summed E-state index contributed by atoms with van der Waals surface area (Å²) in [6, 6.07) is 23.2. The third kappa shape index (κ3) is 5.43. The highest BCUT2D eigenvalue weighted by Crippen LogP contribution is 2.31. The largest absolute Gasteiger partial charge is 0.497 e. The summed E-state index contributed by atoms with van der Waals surface area (Å²) in [5, 5.41) is 13.3. The van der Waals surface area contributed by atoms with Crippen molar-refractivity contribution in [1.82, 2.24) is 5.43 Å². The third-order valence-electron chi connectivity index (χ3n) is 6.57. The molecule has 0 fully saturated rings. The molecule has 8 heteroatoms. The quantitative estimate of drug-likeness (QED) is 0.195. The SMILES string of the molecule is COc1ccc(C(=O)N/N=C2\CCCc3oc(C(=O)Oc4ccc(-c5ccc(C#N)cc5)cc4)c(C)c32)cc1. The zero-order valence-electron chi connectivity index (χ0n) is 21.5. The van der Waals surface area contributed by atoms with E-state index in [-0.39, 0.29) is 11.7 Å². The molecule has 1 aromatic heterocycles. The van der Waals surface area contributed by atoms with Crippen LogP contribution >= 0.6 is 0 Å². The summed E-state index contributed by atoms with van der Waals surface area (Å²) in [6.07, 6.45) is 2.08. The van der Waals surface area contributed by atoms with Crippen molar-refractivity contribution in [2.24, 2.45) is 5.10 Å². The standard InChI is InChI=1S/C31H25N3O5/c1-19-28-26(33-34-30(35)23-12-14-24(37-2)15-13-23)4-3-5-27(28)39-29(19)31(36)38-25-16-10-22(11-17-25)21-8-6-20(18-32)7-9-21/h6-17H,3-5H2,1-2H3,(H,34,35)/b33-26+. The van der Waals surface area contributed by atoms with Gasteiger partial charge < -0.3 is 13.9 Å². The van der Waals surface area contributed by atoms with Gasteiger partial charge in [-0.15, -0.1) is 0 Å². The molecule has 1 aliphatic rings. The first-order valence-corrected chi connectivity index (χ1v) is 12.4. The summed E-state index contributed by atoms with van der Waals surface area (Å²) >= 11 is 0. The van der Waals surface area contributed by atoms with Gasteiger partial charge in [-0.25, -0.2) is 10.2 Å². The third-order valence-corrected chi connectivity index (χ3v) is 6.57. The van der Waals surface area contributed by atoms with Crippen LogP contribution in [0.3, 0.4) is 0 Å². The number of carbonyl (C=O) groups excluding carboxylic acids is 2. The lowest BCUT2D eigenvalue weighted by Gasteiger charge is -2.13. The number of amides is 1. The number of nitriles is 1. The van der Waals surface area contributed by atoms with E-state index in [4.69, 9.17) is 19.2 Å². The van der Waals surface area contributed by atoms with Crippen molar-refractivity contribution in [3.05, 3.63) is 107 Å². The minimum absolute atomic E-state index is 0.118. The van der Waals surface area contributed by atoms with E-state index in [1.807, 2.05) is 24.3 Å². The molecule has 3 aromatic carbocycles. The second-order valence-electron chi connectivity index (χ2n) is 9.04. The van der Waals surface area contributed by atoms with Crippen LogP contribution in [0, 0.1) is 18.3 Å². The number of benzene rings is 3. The summed E-state index contributed by atoms with van der Waals surface area (Å²) in [6.45, 7) is 1.79. The number of hydrazone groups is 1. The van der Waals surface area contributed by atoms with E-state index < -0.39 is 5.97 Å². The molecule has 194 valence electrons. The van der Waals surface area contributed by atoms with E-state index in [1.54, 1.807) is 62.6 Å². The Morgan fingerprint density at radius 3 is 2.21 bits per heavy atom. The van der Waals surface area contributed by atoms with Crippen molar-refractivity contribution in [3.63, 3.8) is 0 Å². The molecule has 1 N–H and O–H groups in total. The number of fused-ring (bicyclic) bond motifs is 1. The topological polar surface area (TPSA) is 114 Å². The Morgan fingerprint density at radius 2 is 1.56 bits per heavy atom. The number of nitrogens with zero attached hydrogens (tertiary/aromatic N) is 2. The van der Waals surface area contributed by atoms with Crippen LogP contribution < -0.4 is 14.9 Å². The summed E-state index contributed by atoms with van der Waals surface area (Å²) in [5.41, 5.74) is 7.56. The Balaban J connectivity index is 1.30. The van der Waals surface area contributed by atoms with Gasteiger partial charge in [0.2, 0.25) is 5.76 Å². The van der Waals surface area contributed by atoms with Crippen molar-refractivity contribution in [2.75, 3.05) is 7.11 Å². The number of rotatable bonds is 6. The smallest absolute Gasteiger partial charge is 0.379 e. The normalized spacial score (nSPS) is 13.3. The van der Waals surface area contributed by atoms with Crippen molar-refractivity contribution in [3.8, 4) is 28.7 Å². The van der Waals surface area contributed by atoms with Gasteiger partial charge in [-0.2, -0.15) is 10.4 Å². The van der Waals surface area contributed by atoms with Gasteiger partial charge in [0.15, 0.2) is 0 Å². The minimum Gasteiger partial charge on any atom is -0.497 e. The number of carbonyl (C=O) groups is 2. The molecule has 39 heavy (non-hydrogen) atoms. The van der Waals surface area contributed by atoms with Gasteiger partial charge in [0.1, 0.15) is 17.3 Å². The van der Waals surface area contributed by atoms with E-state index in [2.05, 4.69) is 16.6 Å². The Bertz CT molecular complexity index is 1590. The highest BCUT2D eigenvalue weighted by molar-refractivity contribution is 6.06. The number of nitrogens with one attached hydrogen (secondary N) is 1. The number of aryl methyl sites for hydroxylation is 1. The maximum atomic E-state index is 13.0. The predicted octanol–water partition coefficient (Wildman–Crippen LogP) is 5.82. The summed E-state index contributed by atoms with van der Waals surface area (Å²) in [7, 11) is 1.56. The van der Waals surface area contributed by atoms with Gasteiger partial charge in [0, 0.05) is 23.1 Å². The Labute approximate surface area is 225 Å². The number of methoxy groups -OCH3 is 1. The fourth-order valence-electron chi connectivity index (χ4n) is 4.51. The first-order valence-electron chi connectivity index (χ1n) is 12.4. The lowest BCUT2D eigenvalue weighted by Crippen LogP contribution is -2.22. The average Bonchev–Trinajstić information content (AvgIpc) is 3.33.